The van der Waals surface area contributed by atoms with Crippen LogP contribution in [0.5, 0.6) is 5.75 Å². The second kappa shape index (κ2) is 5.00. The first-order valence-electron chi connectivity index (χ1n) is 5.98. The van der Waals surface area contributed by atoms with E-state index >= 15 is 0 Å². The summed E-state index contributed by atoms with van der Waals surface area (Å²) in [5, 5.41) is 18.5. The van der Waals surface area contributed by atoms with Crippen molar-refractivity contribution in [1.82, 2.24) is 25.3 Å². The molecule has 8 heteroatoms. The molecule has 0 atom stereocenters. The Hall–Kier alpha value is -2.90. The summed E-state index contributed by atoms with van der Waals surface area (Å²) in [4.78, 5) is 0. The highest BCUT2D eigenvalue weighted by atomic mass is 16.5. The first kappa shape index (κ1) is 12.2. The summed E-state index contributed by atoms with van der Waals surface area (Å²) < 4.78 is 6.65. The van der Waals surface area contributed by atoms with Crippen molar-refractivity contribution in [2.45, 2.75) is 6.54 Å². The van der Waals surface area contributed by atoms with Gasteiger partial charge in [0, 0.05) is 17.8 Å². The molecule has 1 aromatic carbocycles. The van der Waals surface area contributed by atoms with Crippen LogP contribution in [-0.4, -0.2) is 32.4 Å². The lowest BCUT2D eigenvalue weighted by Gasteiger charge is -2.10. The lowest BCUT2D eigenvalue weighted by Crippen LogP contribution is -2.06. The third kappa shape index (κ3) is 2.30. The summed E-state index contributed by atoms with van der Waals surface area (Å²) >= 11 is 0. The van der Waals surface area contributed by atoms with E-state index in [0.717, 1.165) is 11.3 Å². The van der Waals surface area contributed by atoms with Crippen LogP contribution in [0.15, 0.2) is 30.3 Å². The number of nitrogens with zero attached hydrogens (tertiary/aromatic N) is 5. The fourth-order valence-corrected chi connectivity index (χ4v) is 1.87. The van der Waals surface area contributed by atoms with E-state index in [9.17, 15) is 0 Å². The maximum atomic E-state index is 5.78. The van der Waals surface area contributed by atoms with Crippen molar-refractivity contribution < 1.29 is 4.74 Å². The van der Waals surface area contributed by atoms with E-state index in [2.05, 4.69) is 25.9 Å². The molecule has 0 fully saturated rings. The van der Waals surface area contributed by atoms with Gasteiger partial charge in [-0.3, -0.25) is 0 Å². The standard InChI is InChI=1S/C12H13N7O/c1-20-10-3-2-9(13)6-8(10)7-14-11-4-5-12-15-17-18-19(12)16-11/h2-6H,7,13H2,1H3,(H,14,16). The van der Waals surface area contributed by atoms with E-state index in [1.165, 1.54) is 4.63 Å². The summed E-state index contributed by atoms with van der Waals surface area (Å²) in [5.74, 6) is 1.43. The first-order valence-corrected chi connectivity index (χ1v) is 5.98. The smallest absolute Gasteiger partial charge is 0.200 e. The van der Waals surface area contributed by atoms with Gasteiger partial charge in [-0.25, -0.2) is 0 Å². The lowest BCUT2D eigenvalue weighted by molar-refractivity contribution is 0.410. The molecule has 0 saturated carbocycles. The fraction of sp³-hybridized carbons (Fsp3) is 0.167. The maximum Gasteiger partial charge on any atom is 0.200 e. The van der Waals surface area contributed by atoms with Crippen molar-refractivity contribution in [3.8, 4) is 5.75 Å². The minimum atomic E-state index is 0.537. The monoisotopic (exact) mass is 271 g/mol. The third-order valence-electron chi connectivity index (χ3n) is 2.83. The largest absolute Gasteiger partial charge is 0.496 e. The molecule has 20 heavy (non-hydrogen) atoms. The molecule has 3 N–H and O–H groups in total. The number of rotatable bonds is 4. The number of nitrogens with one attached hydrogen (secondary N) is 1. The Morgan fingerprint density at radius 3 is 3.05 bits per heavy atom. The Labute approximate surface area is 114 Å². The quantitative estimate of drug-likeness (QED) is 0.674. The second-order valence-corrected chi connectivity index (χ2v) is 4.17. The number of ether oxygens (including phenoxy) is 1. The van der Waals surface area contributed by atoms with Gasteiger partial charge in [-0.1, -0.05) is 0 Å². The molecule has 0 bridgehead atoms. The van der Waals surface area contributed by atoms with E-state index in [1.54, 1.807) is 19.2 Å². The molecule has 0 aliphatic heterocycles. The third-order valence-corrected chi connectivity index (χ3v) is 2.83. The second-order valence-electron chi connectivity index (χ2n) is 4.17. The van der Waals surface area contributed by atoms with Crippen LogP contribution in [0, 0.1) is 0 Å². The van der Waals surface area contributed by atoms with Crippen LogP contribution in [-0.2, 0) is 6.54 Å². The van der Waals surface area contributed by atoms with Gasteiger partial charge in [-0.15, -0.1) is 14.8 Å². The average molecular weight is 271 g/mol. The normalized spacial score (nSPS) is 10.7. The zero-order valence-corrected chi connectivity index (χ0v) is 10.8. The van der Waals surface area contributed by atoms with Gasteiger partial charge in [0.25, 0.3) is 0 Å². The van der Waals surface area contributed by atoms with Gasteiger partial charge < -0.3 is 15.8 Å². The fourth-order valence-electron chi connectivity index (χ4n) is 1.87. The lowest BCUT2D eigenvalue weighted by atomic mass is 10.2. The van der Waals surface area contributed by atoms with E-state index in [-0.39, 0.29) is 0 Å². The molecular formula is C12H13N7O. The van der Waals surface area contributed by atoms with E-state index in [4.69, 9.17) is 10.5 Å². The topological polar surface area (TPSA) is 103 Å². The van der Waals surface area contributed by atoms with Crippen molar-refractivity contribution >= 4 is 17.2 Å². The SMILES string of the molecule is COc1ccc(N)cc1CNc1ccc2nnnn2n1. The van der Waals surface area contributed by atoms with E-state index in [0.29, 0.717) is 23.7 Å². The number of nitrogen functional groups attached to an aromatic ring is 1. The predicted molar refractivity (Wildman–Crippen MR) is 73.3 cm³/mol. The number of methoxy groups -OCH3 is 1. The zero-order valence-electron chi connectivity index (χ0n) is 10.8. The molecule has 2 heterocycles. The molecule has 2 aromatic heterocycles. The van der Waals surface area contributed by atoms with E-state index < -0.39 is 0 Å². The van der Waals surface area contributed by atoms with Crippen molar-refractivity contribution in [3.05, 3.63) is 35.9 Å². The molecule has 0 spiro atoms. The van der Waals surface area contributed by atoms with Gasteiger partial charge in [0.05, 0.1) is 7.11 Å². The minimum Gasteiger partial charge on any atom is -0.496 e. The van der Waals surface area contributed by atoms with Crippen molar-refractivity contribution in [2.75, 3.05) is 18.2 Å². The predicted octanol–water partition coefficient (Wildman–Crippen LogP) is 0.722. The number of hydrogen-bond donors (Lipinski definition) is 2. The van der Waals surface area contributed by atoms with Crippen LogP contribution >= 0.6 is 0 Å². The van der Waals surface area contributed by atoms with Gasteiger partial charge in [-0.2, -0.15) is 0 Å². The molecule has 0 aliphatic rings. The Morgan fingerprint density at radius 1 is 1.30 bits per heavy atom. The number of tetrazole rings is 1. The molecule has 0 amide bonds. The first-order chi connectivity index (χ1) is 9.76. The number of fused-ring (bicyclic) bond motifs is 1. The zero-order chi connectivity index (χ0) is 13.9. The van der Waals surface area contributed by atoms with Gasteiger partial charge in [0.1, 0.15) is 11.6 Å². The number of benzene rings is 1. The van der Waals surface area contributed by atoms with Crippen LogP contribution in [0.2, 0.25) is 0 Å². The average Bonchev–Trinajstić information content (AvgIpc) is 2.92. The number of anilines is 2. The van der Waals surface area contributed by atoms with Crippen LogP contribution in [0.25, 0.3) is 5.65 Å². The highest BCUT2D eigenvalue weighted by molar-refractivity contribution is 5.50. The van der Waals surface area contributed by atoms with Crippen molar-refractivity contribution in [1.29, 1.82) is 0 Å². The highest BCUT2D eigenvalue weighted by Gasteiger charge is 2.05. The summed E-state index contributed by atoms with van der Waals surface area (Å²) in [6.45, 7) is 0.537. The molecular weight excluding hydrogens is 258 g/mol. The minimum absolute atomic E-state index is 0.537. The van der Waals surface area contributed by atoms with Crippen molar-refractivity contribution in [2.24, 2.45) is 0 Å². The molecule has 102 valence electrons. The maximum absolute atomic E-state index is 5.78. The van der Waals surface area contributed by atoms with Gasteiger partial charge in [0.15, 0.2) is 5.65 Å². The molecule has 0 unspecified atom stereocenters. The molecule has 0 saturated heterocycles. The van der Waals surface area contributed by atoms with E-state index in [1.807, 2.05) is 18.2 Å². The Kier molecular flexibility index (Phi) is 3.04. The van der Waals surface area contributed by atoms with Gasteiger partial charge in [0.2, 0.25) is 0 Å². The molecule has 3 rings (SSSR count). The summed E-state index contributed by atoms with van der Waals surface area (Å²) in [5.41, 5.74) is 8.01. The number of aromatic nitrogens is 5. The Bertz CT molecular complexity index is 740. The molecule has 0 radical (unpaired) electrons. The number of hydrogen-bond acceptors (Lipinski definition) is 7. The Balaban J connectivity index is 1.80. The Morgan fingerprint density at radius 2 is 2.20 bits per heavy atom. The van der Waals surface area contributed by atoms with Crippen LogP contribution < -0.4 is 15.8 Å². The summed E-state index contributed by atoms with van der Waals surface area (Å²) in [6, 6.07) is 9.09. The molecule has 0 aliphatic carbocycles. The summed E-state index contributed by atoms with van der Waals surface area (Å²) in [7, 11) is 1.63. The summed E-state index contributed by atoms with van der Waals surface area (Å²) in [6.07, 6.45) is 0. The van der Waals surface area contributed by atoms with Crippen LogP contribution in [0.4, 0.5) is 11.5 Å². The molecule has 3 aromatic rings. The number of nitrogens with two attached hydrogens (primary N) is 1. The van der Waals surface area contributed by atoms with Crippen LogP contribution in [0.3, 0.4) is 0 Å². The van der Waals surface area contributed by atoms with Gasteiger partial charge >= 0.3 is 0 Å². The van der Waals surface area contributed by atoms with Gasteiger partial charge in [-0.05, 0) is 40.8 Å². The molecule has 8 nitrogen and oxygen atoms in total. The van der Waals surface area contributed by atoms with Crippen molar-refractivity contribution in [3.63, 3.8) is 0 Å². The van der Waals surface area contributed by atoms with Crippen LogP contribution in [0.1, 0.15) is 5.56 Å². The highest BCUT2D eigenvalue weighted by Crippen LogP contribution is 2.21.